The van der Waals surface area contributed by atoms with Crippen molar-refractivity contribution in [1.29, 1.82) is 5.26 Å². The van der Waals surface area contributed by atoms with Gasteiger partial charge in [-0.15, -0.1) is 0 Å². The van der Waals surface area contributed by atoms with E-state index in [0.717, 1.165) is 5.56 Å². The molecule has 0 atom stereocenters. The van der Waals surface area contributed by atoms with Crippen molar-refractivity contribution < 1.29 is 12.6 Å². The van der Waals surface area contributed by atoms with Gasteiger partial charge < -0.3 is 4.18 Å². The van der Waals surface area contributed by atoms with Crippen molar-refractivity contribution in [2.45, 2.75) is 24.7 Å². The number of benzene rings is 2. The highest BCUT2D eigenvalue weighted by Gasteiger charge is 2.18. The first-order valence-electron chi connectivity index (χ1n) is 6.47. The zero-order valence-corrected chi connectivity index (χ0v) is 12.6. The van der Waals surface area contributed by atoms with E-state index < -0.39 is 10.1 Å². The van der Waals surface area contributed by atoms with Crippen molar-refractivity contribution in [3.05, 3.63) is 59.7 Å². The first kappa shape index (κ1) is 15.1. The highest BCUT2D eigenvalue weighted by molar-refractivity contribution is 7.87. The number of rotatable bonds is 4. The molecule has 0 unspecified atom stereocenters. The Morgan fingerprint density at radius 3 is 2.24 bits per heavy atom. The molecule has 0 bridgehead atoms. The predicted octanol–water partition coefficient (Wildman–Crippen LogP) is 3.45. The Morgan fingerprint density at radius 2 is 1.67 bits per heavy atom. The molecule has 0 aliphatic rings. The van der Waals surface area contributed by atoms with Crippen LogP contribution in [0.3, 0.4) is 0 Å². The van der Waals surface area contributed by atoms with E-state index >= 15 is 0 Å². The fraction of sp³-hybridized carbons (Fsp3) is 0.188. The van der Waals surface area contributed by atoms with E-state index in [1.807, 2.05) is 19.9 Å². The molecule has 4 nitrogen and oxygen atoms in total. The van der Waals surface area contributed by atoms with E-state index in [4.69, 9.17) is 9.44 Å². The molecule has 2 rings (SSSR count). The third-order valence-corrected chi connectivity index (χ3v) is 4.29. The number of hydrogen-bond acceptors (Lipinski definition) is 4. The van der Waals surface area contributed by atoms with Crippen molar-refractivity contribution in [3.8, 4) is 11.8 Å². The number of nitrogens with zero attached hydrogens (tertiary/aromatic N) is 1. The van der Waals surface area contributed by atoms with E-state index in [9.17, 15) is 8.42 Å². The lowest BCUT2D eigenvalue weighted by molar-refractivity contribution is 0.485. The van der Waals surface area contributed by atoms with Gasteiger partial charge in [0, 0.05) is 0 Å². The summed E-state index contributed by atoms with van der Waals surface area (Å²) in [5, 5.41) is 8.96. The summed E-state index contributed by atoms with van der Waals surface area (Å²) in [5.74, 6) is 0.356. The molecule has 0 spiro atoms. The SMILES string of the molecule is CC(C)c1ccc(S(=O)(=O)Oc2ccccc2C#N)cc1. The van der Waals surface area contributed by atoms with Gasteiger partial charge in [0.2, 0.25) is 0 Å². The molecule has 0 saturated carbocycles. The van der Waals surface area contributed by atoms with Gasteiger partial charge in [-0.05, 0) is 35.7 Å². The van der Waals surface area contributed by atoms with Gasteiger partial charge in [-0.1, -0.05) is 38.1 Å². The molecule has 0 fully saturated rings. The molecule has 108 valence electrons. The molecule has 0 radical (unpaired) electrons. The van der Waals surface area contributed by atoms with Gasteiger partial charge in [0.1, 0.15) is 11.0 Å². The lowest BCUT2D eigenvalue weighted by atomic mass is 10.0. The quantitative estimate of drug-likeness (QED) is 0.811. The van der Waals surface area contributed by atoms with Gasteiger partial charge >= 0.3 is 10.1 Å². The van der Waals surface area contributed by atoms with Crippen molar-refractivity contribution in [1.82, 2.24) is 0 Å². The summed E-state index contributed by atoms with van der Waals surface area (Å²) in [7, 11) is -3.94. The molecular weight excluding hydrogens is 286 g/mol. The van der Waals surface area contributed by atoms with Crippen molar-refractivity contribution in [3.63, 3.8) is 0 Å². The molecule has 2 aromatic carbocycles. The van der Waals surface area contributed by atoms with E-state index in [1.54, 1.807) is 24.3 Å². The summed E-state index contributed by atoms with van der Waals surface area (Å²) in [6.07, 6.45) is 0. The van der Waals surface area contributed by atoms with Crippen LogP contribution in [0.25, 0.3) is 0 Å². The van der Waals surface area contributed by atoms with Crippen LogP contribution in [-0.2, 0) is 10.1 Å². The molecule has 2 aromatic rings. The zero-order valence-electron chi connectivity index (χ0n) is 11.8. The minimum Gasteiger partial charge on any atom is -0.378 e. The van der Waals surface area contributed by atoms with E-state index in [2.05, 4.69) is 0 Å². The minimum absolute atomic E-state index is 0.0351. The van der Waals surface area contributed by atoms with E-state index in [-0.39, 0.29) is 16.2 Å². The molecule has 0 saturated heterocycles. The van der Waals surface area contributed by atoms with Crippen LogP contribution in [0.4, 0.5) is 0 Å². The van der Waals surface area contributed by atoms with Gasteiger partial charge in [-0.3, -0.25) is 0 Å². The number of para-hydroxylation sites is 1. The summed E-state index contributed by atoms with van der Waals surface area (Å²) < 4.78 is 29.5. The zero-order chi connectivity index (χ0) is 15.5. The van der Waals surface area contributed by atoms with Gasteiger partial charge in [-0.25, -0.2) is 0 Å². The summed E-state index contributed by atoms with van der Waals surface area (Å²) >= 11 is 0. The number of hydrogen-bond donors (Lipinski definition) is 0. The molecule has 0 heterocycles. The molecule has 0 aromatic heterocycles. The normalized spacial score (nSPS) is 11.1. The molecule has 0 N–H and O–H groups in total. The molecule has 5 heteroatoms. The van der Waals surface area contributed by atoms with Crippen LogP contribution < -0.4 is 4.18 Å². The monoisotopic (exact) mass is 301 g/mol. The Bertz CT molecular complexity index is 772. The molecule has 0 aliphatic carbocycles. The molecular formula is C16H15NO3S. The first-order valence-corrected chi connectivity index (χ1v) is 7.88. The highest BCUT2D eigenvalue weighted by atomic mass is 32.2. The fourth-order valence-corrected chi connectivity index (χ4v) is 2.76. The van der Waals surface area contributed by atoms with Crippen molar-refractivity contribution in [2.24, 2.45) is 0 Å². The van der Waals surface area contributed by atoms with Crippen LogP contribution in [0, 0.1) is 11.3 Å². The third kappa shape index (κ3) is 3.41. The Labute approximate surface area is 124 Å². The topological polar surface area (TPSA) is 67.2 Å². The van der Waals surface area contributed by atoms with Gasteiger partial charge in [0.05, 0.1) is 5.56 Å². The second-order valence-electron chi connectivity index (χ2n) is 4.87. The molecule has 0 aliphatic heterocycles. The van der Waals surface area contributed by atoms with Crippen LogP contribution >= 0.6 is 0 Å². The Balaban J connectivity index is 2.32. The average Bonchev–Trinajstić information content (AvgIpc) is 2.47. The maximum absolute atomic E-state index is 12.2. The van der Waals surface area contributed by atoms with Crippen LogP contribution in [-0.4, -0.2) is 8.42 Å². The Kier molecular flexibility index (Phi) is 4.29. The van der Waals surface area contributed by atoms with Gasteiger partial charge in [0.15, 0.2) is 5.75 Å². The van der Waals surface area contributed by atoms with Crippen LogP contribution in [0.1, 0.15) is 30.9 Å². The fourth-order valence-electron chi connectivity index (χ4n) is 1.82. The second kappa shape index (κ2) is 5.98. The van der Waals surface area contributed by atoms with E-state index in [1.165, 1.54) is 24.3 Å². The third-order valence-electron chi connectivity index (χ3n) is 3.04. The molecule has 21 heavy (non-hydrogen) atoms. The standard InChI is InChI=1S/C16H15NO3S/c1-12(2)13-7-9-15(10-8-13)21(18,19)20-16-6-4-3-5-14(16)11-17/h3-10,12H,1-2H3. The van der Waals surface area contributed by atoms with Crippen LogP contribution in [0.5, 0.6) is 5.75 Å². The summed E-state index contributed by atoms with van der Waals surface area (Å²) in [4.78, 5) is 0.0691. The van der Waals surface area contributed by atoms with Crippen LogP contribution in [0.2, 0.25) is 0 Å². The first-order chi connectivity index (χ1) is 9.94. The average molecular weight is 301 g/mol. The summed E-state index contributed by atoms with van der Waals surface area (Å²) in [6, 6.07) is 14.7. The second-order valence-corrected chi connectivity index (χ2v) is 6.42. The lowest BCUT2D eigenvalue weighted by Gasteiger charge is -2.10. The largest absolute Gasteiger partial charge is 0.378 e. The Morgan fingerprint density at radius 1 is 1.05 bits per heavy atom. The number of nitriles is 1. The lowest BCUT2D eigenvalue weighted by Crippen LogP contribution is -2.10. The maximum Gasteiger partial charge on any atom is 0.339 e. The minimum atomic E-state index is -3.94. The smallest absolute Gasteiger partial charge is 0.339 e. The summed E-state index contributed by atoms with van der Waals surface area (Å²) in [5.41, 5.74) is 1.23. The van der Waals surface area contributed by atoms with Crippen molar-refractivity contribution >= 4 is 10.1 Å². The van der Waals surface area contributed by atoms with Crippen LogP contribution in [0.15, 0.2) is 53.4 Å². The van der Waals surface area contributed by atoms with Crippen molar-refractivity contribution in [2.75, 3.05) is 0 Å². The Hall–Kier alpha value is -2.32. The molecule has 0 amide bonds. The maximum atomic E-state index is 12.2. The summed E-state index contributed by atoms with van der Waals surface area (Å²) in [6.45, 7) is 4.06. The van der Waals surface area contributed by atoms with Gasteiger partial charge in [-0.2, -0.15) is 13.7 Å². The van der Waals surface area contributed by atoms with E-state index in [0.29, 0.717) is 5.92 Å². The predicted molar refractivity (Wildman–Crippen MR) is 79.5 cm³/mol. The highest BCUT2D eigenvalue weighted by Crippen LogP contribution is 2.23. The van der Waals surface area contributed by atoms with Gasteiger partial charge in [0.25, 0.3) is 0 Å².